The Morgan fingerprint density at radius 1 is 1.04 bits per heavy atom. The third-order valence-electron chi connectivity index (χ3n) is 3.14. The molecule has 2 amide bonds. The van der Waals surface area contributed by atoms with Crippen molar-refractivity contribution in [2.45, 2.75) is 4.90 Å². The van der Waals surface area contributed by atoms with Crippen molar-refractivity contribution in [1.82, 2.24) is 4.90 Å². The highest BCUT2D eigenvalue weighted by Crippen LogP contribution is 2.26. The van der Waals surface area contributed by atoms with E-state index in [0.717, 1.165) is 4.90 Å². The van der Waals surface area contributed by atoms with Crippen LogP contribution in [0.4, 0.5) is 5.69 Å². The minimum atomic E-state index is -0.304. The van der Waals surface area contributed by atoms with Crippen LogP contribution in [0, 0.1) is 0 Å². The van der Waals surface area contributed by atoms with Crippen LogP contribution in [0.15, 0.2) is 53.4 Å². The Balaban J connectivity index is 1.84. The van der Waals surface area contributed by atoms with Crippen molar-refractivity contribution in [2.24, 2.45) is 0 Å². The summed E-state index contributed by atoms with van der Waals surface area (Å²) in [6.45, 7) is -0.0485. The fourth-order valence-electron chi connectivity index (χ4n) is 1.87. The summed E-state index contributed by atoms with van der Waals surface area (Å²) in [6, 6.07) is 14.3. The predicted octanol–water partition coefficient (Wildman–Crippen LogP) is 4.18. The minimum absolute atomic E-state index is 0.0485. The quantitative estimate of drug-likeness (QED) is 0.762. The fourth-order valence-corrected chi connectivity index (χ4v) is 3.23. The zero-order valence-electron chi connectivity index (χ0n) is 13.0. The van der Waals surface area contributed by atoms with Crippen molar-refractivity contribution in [2.75, 3.05) is 24.7 Å². The topological polar surface area (TPSA) is 49.4 Å². The molecule has 1 N–H and O–H groups in total. The van der Waals surface area contributed by atoms with Gasteiger partial charge in [-0.3, -0.25) is 9.59 Å². The van der Waals surface area contributed by atoms with Gasteiger partial charge in [0.2, 0.25) is 11.8 Å². The van der Waals surface area contributed by atoms with Gasteiger partial charge in [-0.1, -0.05) is 47.5 Å². The van der Waals surface area contributed by atoms with E-state index < -0.39 is 0 Å². The molecule has 0 aliphatic carbocycles. The number of carbonyl (C=O) groups excluding carboxylic acids is 2. The number of amides is 2. The summed E-state index contributed by atoms with van der Waals surface area (Å²) in [6.07, 6.45) is 0. The first-order valence-electron chi connectivity index (χ1n) is 7.13. The SMILES string of the molecule is CN(CC(=O)Nc1ccccc1Cl)C(=O)CSc1ccccc1Cl. The van der Waals surface area contributed by atoms with Crippen LogP contribution >= 0.6 is 35.0 Å². The van der Waals surface area contributed by atoms with Crippen LogP contribution in [0.5, 0.6) is 0 Å². The average molecular weight is 383 g/mol. The number of rotatable bonds is 6. The molecule has 4 nitrogen and oxygen atoms in total. The van der Waals surface area contributed by atoms with Crippen LogP contribution < -0.4 is 5.32 Å². The normalized spacial score (nSPS) is 10.3. The number of anilines is 1. The van der Waals surface area contributed by atoms with Gasteiger partial charge in [0.25, 0.3) is 0 Å². The van der Waals surface area contributed by atoms with E-state index in [1.165, 1.54) is 16.7 Å². The van der Waals surface area contributed by atoms with Gasteiger partial charge in [-0.2, -0.15) is 0 Å². The summed E-state index contributed by atoms with van der Waals surface area (Å²) >= 11 is 13.4. The highest BCUT2D eigenvalue weighted by atomic mass is 35.5. The summed E-state index contributed by atoms with van der Waals surface area (Å²) in [5.41, 5.74) is 0.524. The standard InChI is InChI=1S/C17H16Cl2N2O2S/c1-21(10-16(22)20-14-8-4-2-6-12(14)18)17(23)11-24-15-9-5-3-7-13(15)19/h2-9H,10-11H2,1H3,(H,20,22). The summed E-state index contributed by atoms with van der Waals surface area (Å²) in [5, 5.41) is 3.75. The van der Waals surface area contributed by atoms with Gasteiger partial charge < -0.3 is 10.2 Å². The number of hydrogen-bond acceptors (Lipinski definition) is 3. The molecule has 0 radical (unpaired) electrons. The number of carbonyl (C=O) groups is 2. The maximum Gasteiger partial charge on any atom is 0.244 e. The van der Waals surface area contributed by atoms with E-state index in [1.807, 2.05) is 18.2 Å². The number of nitrogens with zero attached hydrogens (tertiary/aromatic N) is 1. The van der Waals surface area contributed by atoms with Crippen LogP contribution in [0.25, 0.3) is 0 Å². The molecule has 0 saturated carbocycles. The number of halogens is 2. The first-order valence-corrected chi connectivity index (χ1v) is 8.87. The Morgan fingerprint density at radius 3 is 2.33 bits per heavy atom. The second kappa shape index (κ2) is 8.97. The van der Waals surface area contributed by atoms with Crippen molar-refractivity contribution in [3.8, 4) is 0 Å². The number of hydrogen-bond donors (Lipinski definition) is 1. The average Bonchev–Trinajstić information content (AvgIpc) is 2.56. The van der Waals surface area contributed by atoms with Gasteiger partial charge in [-0.25, -0.2) is 0 Å². The second-order valence-corrected chi connectivity index (χ2v) is 6.83. The molecule has 2 rings (SSSR count). The van der Waals surface area contributed by atoms with E-state index in [0.29, 0.717) is 15.7 Å². The van der Waals surface area contributed by atoms with Gasteiger partial charge in [0, 0.05) is 11.9 Å². The van der Waals surface area contributed by atoms with E-state index in [2.05, 4.69) is 5.32 Å². The molecule has 0 aromatic heterocycles. The van der Waals surface area contributed by atoms with Gasteiger partial charge in [0.1, 0.15) is 0 Å². The van der Waals surface area contributed by atoms with E-state index in [4.69, 9.17) is 23.2 Å². The molecule has 0 spiro atoms. The highest BCUT2D eigenvalue weighted by Gasteiger charge is 2.14. The van der Waals surface area contributed by atoms with Gasteiger partial charge >= 0.3 is 0 Å². The third kappa shape index (κ3) is 5.44. The zero-order valence-corrected chi connectivity index (χ0v) is 15.3. The predicted molar refractivity (Wildman–Crippen MR) is 99.9 cm³/mol. The molecule has 2 aromatic carbocycles. The molecule has 0 fully saturated rings. The number of likely N-dealkylation sites (N-methyl/N-ethyl adjacent to an activating group) is 1. The summed E-state index contributed by atoms with van der Waals surface area (Å²) in [7, 11) is 1.58. The molecule has 0 aliphatic heterocycles. The van der Waals surface area contributed by atoms with Crippen molar-refractivity contribution in [3.05, 3.63) is 58.6 Å². The molecule has 126 valence electrons. The van der Waals surface area contributed by atoms with Crippen molar-refractivity contribution >= 4 is 52.5 Å². The Labute approximate surface area is 155 Å². The lowest BCUT2D eigenvalue weighted by atomic mass is 10.3. The van der Waals surface area contributed by atoms with Gasteiger partial charge in [-0.15, -0.1) is 11.8 Å². The summed E-state index contributed by atoms with van der Waals surface area (Å²) in [5.74, 6) is -0.254. The smallest absolute Gasteiger partial charge is 0.244 e. The Morgan fingerprint density at radius 2 is 1.67 bits per heavy atom. The minimum Gasteiger partial charge on any atom is -0.336 e. The molecule has 0 heterocycles. The molecular weight excluding hydrogens is 367 g/mol. The van der Waals surface area contributed by atoms with E-state index in [1.54, 1.807) is 37.4 Å². The lowest BCUT2D eigenvalue weighted by Crippen LogP contribution is -2.36. The molecule has 0 saturated heterocycles. The van der Waals surface area contributed by atoms with Crippen molar-refractivity contribution < 1.29 is 9.59 Å². The fraction of sp³-hybridized carbons (Fsp3) is 0.176. The number of thioether (sulfide) groups is 1. The van der Waals surface area contributed by atoms with Crippen LogP contribution in [-0.4, -0.2) is 36.1 Å². The molecule has 0 atom stereocenters. The summed E-state index contributed by atoms with van der Waals surface area (Å²) < 4.78 is 0. The van der Waals surface area contributed by atoms with Gasteiger partial charge in [0.15, 0.2) is 0 Å². The molecule has 0 aliphatic rings. The van der Waals surface area contributed by atoms with Crippen molar-refractivity contribution in [1.29, 1.82) is 0 Å². The van der Waals surface area contributed by atoms with Crippen LogP contribution in [0.3, 0.4) is 0 Å². The zero-order chi connectivity index (χ0) is 17.5. The first-order chi connectivity index (χ1) is 11.5. The highest BCUT2D eigenvalue weighted by molar-refractivity contribution is 8.00. The molecule has 7 heteroatoms. The third-order valence-corrected chi connectivity index (χ3v) is 4.97. The molecule has 0 unspecified atom stereocenters. The van der Waals surface area contributed by atoms with Gasteiger partial charge in [0.05, 0.1) is 28.0 Å². The molecule has 2 aromatic rings. The number of para-hydroxylation sites is 1. The Kier molecular flexibility index (Phi) is 6.97. The number of benzene rings is 2. The second-order valence-electron chi connectivity index (χ2n) is 5.00. The Hall–Kier alpha value is -1.69. The van der Waals surface area contributed by atoms with E-state index in [9.17, 15) is 9.59 Å². The van der Waals surface area contributed by atoms with Crippen LogP contribution in [0.1, 0.15) is 0 Å². The maximum atomic E-state index is 12.1. The van der Waals surface area contributed by atoms with E-state index in [-0.39, 0.29) is 24.1 Å². The lowest BCUT2D eigenvalue weighted by molar-refractivity contribution is -0.131. The molecular formula is C17H16Cl2N2O2S. The van der Waals surface area contributed by atoms with E-state index >= 15 is 0 Å². The summed E-state index contributed by atoms with van der Waals surface area (Å²) in [4.78, 5) is 26.4. The first kappa shape index (κ1) is 18.6. The monoisotopic (exact) mass is 382 g/mol. The molecule has 0 bridgehead atoms. The number of nitrogens with one attached hydrogen (secondary N) is 1. The van der Waals surface area contributed by atoms with Crippen LogP contribution in [-0.2, 0) is 9.59 Å². The van der Waals surface area contributed by atoms with Crippen molar-refractivity contribution in [3.63, 3.8) is 0 Å². The lowest BCUT2D eigenvalue weighted by Gasteiger charge is -2.17. The Bertz CT molecular complexity index is 740. The largest absolute Gasteiger partial charge is 0.336 e. The van der Waals surface area contributed by atoms with Gasteiger partial charge in [-0.05, 0) is 24.3 Å². The van der Waals surface area contributed by atoms with Crippen LogP contribution in [0.2, 0.25) is 10.0 Å². The molecule has 24 heavy (non-hydrogen) atoms. The maximum absolute atomic E-state index is 12.1.